The van der Waals surface area contributed by atoms with Crippen molar-refractivity contribution in [3.63, 3.8) is 0 Å². The predicted octanol–water partition coefficient (Wildman–Crippen LogP) is 1.69. The maximum Gasteiger partial charge on any atom is 0.178 e. The number of likely N-dealkylation sites (N-methyl/N-ethyl adjacent to an activating group) is 1. The molecule has 4 nitrogen and oxygen atoms in total. The first kappa shape index (κ1) is 11.4. The van der Waals surface area contributed by atoms with Gasteiger partial charge in [0.1, 0.15) is 6.10 Å². The van der Waals surface area contributed by atoms with Crippen LogP contribution in [0.25, 0.3) is 0 Å². The molecule has 0 N–H and O–H groups in total. The minimum absolute atomic E-state index is 0.0762. The second-order valence-corrected chi connectivity index (χ2v) is 5.66. The van der Waals surface area contributed by atoms with Gasteiger partial charge in [-0.2, -0.15) is 0 Å². The fraction of sp³-hybridized carbons (Fsp3) is 0.533. The van der Waals surface area contributed by atoms with E-state index in [0.717, 1.165) is 0 Å². The van der Waals surface area contributed by atoms with E-state index in [-0.39, 0.29) is 23.8 Å². The van der Waals surface area contributed by atoms with Crippen LogP contribution in [-0.4, -0.2) is 37.9 Å². The number of methoxy groups -OCH3 is 1. The summed E-state index contributed by atoms with van der Waals surface area (Å²) in [5, 5.41) is 0. The summed E-state index contributed by atoms with van der Waals surface area (Å²) < 4.78 is 11.8. The van der Waals surface area contributed by atoms with Crippen LogP contribution in [0.3, 0.4) is 0 Å². The molecule has 1 aromatic rings. The van der Waals surface area contributed by atoms with Gasteiger partial charge in [-0.15, -0.1) is 0 Å². The standard InChI is InChI=1S/C15H17NO3/c1-16-10-6-4-3-5-9(10)12-13(16)14-11(17)7-8-15(12,18-2)19-14/h3-6,12-14H,7-8H2,1-2H3/t12-,13+,14+,15-/m1/s1. The highest BCUT2D eigenvalue weighted by Crippen LogP contribution is 2.57. The van der Waals surface area contributed by atoms with Crippen molar-refractivity contribution in [3.05, 3.63) is 29.8 Å². The Labute approximate surface area is 112 Å². The number of hydrogen-bond donors (Lipinski definition) is 0. The molecule has 0 radical (unpaired) electrons. The monoisotopic (exact) mass is 259 g/mol. The molecule has 2 fully saturated rings. The summed E-state index contributed by atoms with van der Waals surface area (Å²) in [6.45, 7) is 0. The molecule has 4 heteroatoms. The normalized spacial score (nSPS) is 39.4. The van der Waals surface area contributed by atoms with E-state index in [0.29, 0.717) is 12.8 Å². The fourth-order valence-electron chi connectivity index (χ4n) is 4.06. The molecule has 2 bridgehead atoms. The van der Waals surface area contributed by atoms with Crippen LogP contribution in [0.1, 0.15) is 24.3 Å². The molecule has 0 saturated carbocycles. The van der Waals surface area contributed by atoms with Gasteiger partial charge in [0.25, 0.3) is 0 Å². The molecule has 3 aliphatic heterocycles. The Morgan fingerprint density at radius 3 is 3.00 bits per heavy atom. The summed E-state index contributed by atoms with van der Waals surface area (Å²) in [6.07, 6.45) is 0.861. The average Bonchev–Trinajstić information content (AvgIpc) is 2.90. The maximum absolute atomic E-state index is 12.1. The topological polar surface area (TPSA) is 38.8 Å². The SMILES string of the molecule is CO[C@]12CCC(=O)[C@H](O1)[C@@H]1[C@H]2c2ccccc2N1C. The van der Waals surface area contributed by atoms with E-state index in [2.05, 4.69) is 17.0 Å². The number of carbonyl (C=O) groups excluding carboxylic acids is 1. The Hall–Kier alpha value is -1.39. The quantitative estimate of drug-likeness (QED) is 0.769. The van der Waals surface area contributed by atoms with E-state index in [1.807, 2.05) is 19.2 Å². The van der Waals surface area contributed by atoms with Crippen molar-refractivity contribution in [1.82, 2.24) is 0 Å². The van der Waals surface area contributed by atoms with Gasteiger partial charge in [0.15, 0.2) is 11.6 Å². The number of Topliss-reactive ketones (excluding diaryl/α,β-unsaturated/α-hetero) is 1. The smallest absolute Gasteiger partial charge is 0.178 e. The van der Waals surface area contributed by atoms with Crippen LogP contribution < -0.4 is 4.90 Å². The number of para-hydroxylation sites is 1. The lowest BCUT2D eigenvalue weighted by molar-refractivity contribution is -0.233. The van der Waals surface area contributed by atoms with Crippen LogP contribution in [0.2, 0.25) is 0 Å². The van der Waals surface area contributed by atoms with Crippen molar-refractivity contribution >= 4 is 11.5 Å². The van der Waals surface area contributed by atoms with Crippen molar-refractivity contribution < 1.29 is 14.3 Å². The van der Waals surface area contributed by atoms with Gasteiger partial charge in [0.05, 0.1) is 12.0 Å². The summed E-state index contributed by atoms with van der Waals surface area (Å²) in [6, 6.07) is 8.40. The predicted molar refractivity (Wildman–Crippen MR) is 70.2 cm³/mol. The van der Waals surface area contributed by atoms with E-state index >= 15 is 0 Å². The van der Waals surface area contributed by atoms with Crippen LogP contribution in [-0.2, 0) is 14.3 Å². The molecule has 3 aliphatic rings. The van der Waals surface area contributed by atoms with Gasteiger partial charge in [-0.3, -0.25) is 4.79 Å². The summed E-state index contributed by atoms with van der Waals surface area (Å²) in [4.78, 5) is 14.3. The molecule has 0 amide bonds. The number of hydrogen-bond acceptors (Lipinski definition) is 4. The maximum atomic E-state index is 12.1. The first-order chi connectivity index (χ1) is 9.18. The van der Waals surface area contributed by atoms with Crippen LogP contribution >= 0.6 is 0 Å². The van der Waals surface area contributed by atoms with Gasteiger partial charge in [0, 0.05) is 32.7 Å². The van der Waals surface area contributed by atoms with Crippen molar-refractivity contribution in [2.24, 2.45) is 0 Å². The minimum Gasteiger partial charge on any atom is -0.367 e. The van der Waals surface area contributed by atoms with Gasteiger partial charge in [-0.05, 0) is 11.6 Å². The second kappa shape index (κ2) is 3.58. The summed E-state index contributed by atoms with van der Waals surface area (Å²) in [7, 11) is 3.74. The lowest BCUT2D eigenvalue weighted by atomic mass is 9.87. The molecule has 0 spiro atoms. The van der Waals surface area contributed by atoms with Gasteiger partial charge >= 0.3 is 0 Å². The first-order valence-corrected chi connectivity index (χ1v) is 6.75. The molecule has 0 unspecified atom stereocenters. The molecular formula is C15H17NO3. The van der Waals surface area contributed by atoms with E-state index in [1.165, 1.54) is 11.3 Å². The highest BCUT2D eigenvalue weighted by atomic mass is 16.7. The molecule has 0 aliphatic carbocycles. The molecule has 2 saturated heterocycles. The van der Waals surface area contributed by atoms with Crippen molar-refractivity contribution in [2.45, 2.75) is 36.7 Å². The summed E-state index contributed by atoms with van der Waals surface area (Å²) >= 11 is 0. The zero-order chi connectivity index (χ0) is 13.2. The fourth-order valence-corrected chi connectivity index (χ4v) is 4.06. The van der Waals surface area contributed by atoms with Gasteiger partial charge in [-0.1, -0.05) is 18.2 Å². The van der Waals surface area contributed by atoms with E-state index < -0.39 is 5.79 Å². The Morgan fingerprint density at radius 2 is 2.21 bits per heavy atom. The third kappa shape index (κ3) is 1.23. The zero-order valence-corrected chi connectivity index (χ0v) is 11.1. The van der Waals surface area contributed by atoms with Crippen molar-refractivity contribution in [3.8, 4) is 0 Å². The molecule has 3 heterocycles. The van der Waals surface area contributed by atoms with E-state index in [1.54, 1.807) is 7.11 Å². The average molecular weight is 259 g/mol. The van der Waals surface area contributed by atoms with Crippen molar-refractivity contribution in [1.29, 1.82) is 0 Å². The van der Waals surface area contributed by atoms with Crippen LogP contribution in [0.5, 0.6) is 0 Å². The summed E-state index contributed by atoms with van der Waals surface area (Å²) in [5.74, 6) is -0.278. The number of carbonyl (C=O) groups is 1. The van der Waals surface area contributed by atoms with E-state index in [4.69, 9.17) is 9.47 Å². The lowest BCUT2D eigenvalue weighted by Crippen LogP contribution is -2.43. The third-order valence-electron chi connectivity index (χ3n) is 4.93. The molecular weight excluding hydrogens is 242 g/mol. The van der Waals surface area contributed by atoms with Crippen LogP contribution in [0.15, 0.2) is 24.3 Å². The van der Waals surface area contributed by atoms with Gasteiger partial charge in [-0.25, -0.2) is 0 Å². The van der Waals surface area contributed by atoms with Gasteiger partial charge < -0.3 is 14.4 Å². The first-order valence-electron chi connectivity index (χ1n) is 6.75. The number of nitrogens with zero attached hydrogens (tertiary/aromatic N) is 1. The molecule has 100 valence electrons. The lowest BCUT2D eigenvalue weighted by Gasteiger charge is -2.35. The number of ether oxygens (including phenoxy) is 2. The van der Waals surface area contributed by atoms with Crippen molar-refractivity contribution in [2.75, 3.05) is 19.1 Å². The molecule has 4 atom stereocenters. The van der Waals surface area contributed by atoms with Crippen LogP contribution in [0, 0.1) is 0 Å². The highest BCUT2D eigenvalue weighted by Gasteiger charge is 2.64. The Morgan fingerprint density at radius 1 is 1.42 bits per heavy atom. The number of anilines is 1. The minimum atomic E-state index is -0.621. The van der Waals surface area contributed by atoms with Gasteiger partial charge in [0.2, 0.25) is 0 Å². The van der Waals surface area contributed by atoms with E-state index in [9.17, 15) is 4.79 Å². The number of rotatable bonds is 1. The van der Waals surface area contributed by atoms with Crippen LogP contribution in [0.4, 0.5) is 5.69 Å². The molecule has 0 aromatic heterocycles. The Balaban J connectivity index is 1.91. The Kier molecular flexibility index (Phi) is 2.16. The molecule has 19 heavy (non-hydrogen) atoms. The zero-order valence-electron chi connectivity index (χ0n) is 11.1. The highest BCUT2D eigenvalue weighted by molar-refractivity contribution is 5.87. The third-order valence-corrected chi connectivity index (χ3v) is 4.93. The molecule has 4 rings (SSSR count). The summed E-state index contributed by atoms with van der Waals surface area (Å²) in [5.41, 5.74) is 2.44. The second-order valence-electron chi connectivity index (χ2n) is 5.66. The Bertz CT molecular complexity index is 558. The molecule has 1 aromatic carbocycles. The largest absolute Gasteiger partial charge is 0.367 e. The number of fused-ring (bicyclic) bond motifs is 7. The number of ketones is 1. The number of benzene rings is 1.